The molecule has 0 saturated carbocycles. The number of carbonyl (C=O) groups excluding carboxylic acids is 1. The minimum atomic E-state index is -4.23. The molecule has 0 spiro atoms. The number of unbranched alkanes of at least 4 members (excludes halogenated alkanes) is 4. The van der Waals surface area contributed by atoms with E-state index in [4.69, 9.17) is 17.3 Å². The van der Waals surface area contributed by atoms with E-state index in [0.717, 1.165) is 87.1 Å². The standard InChI is InChI=1S/C48H68ClN4O4S.CH3.ClH.Cu/c1-34-20-24-41-39(32-34)47(4,5)43(52(41)29-12-8-9-19-45(54)51-28-11-10-16-36(3)50)26-22-37-17-15-18-38(46(37)49)23-27-44-48(6,7)40-33-35(2)21-25-42(40)53(44)30-13-14-31-58(55,56)57;;;/h20-27,32-33,36,44,50H,8-19,28-31H2,1-7H3,(H,51,54)(H,55,56,57);1H3;1H;/q2*-1;;+2/p-1/b27-23+,37-22+,43-26+;;;/i;;;1+0. The largest absolute Gasteiger partial charge is 2.00 e. The Morgan fingerprint density at radius 2 is 1.67 bits per heavy atom. The Morgan fingerprint density at radius 3 is 2.36 bits per heavy atom. The van der Waals surface area contributed by atoms with Crippen molar-refractivity contribution in [2.45, 2.75) is 148 Å². The van der Waals surface area contributed by atoms with E-state index in [1.54, 1.807) is 0 Å². The molecule has 0 bridgehead atoms. The Labute approximate surface area is 390 Å². The molecule has 2 heterocycles. The van der Waals surface area contributed by atoms with Crippen LogP contribution in [0.1, 0.15) is 134 Å². The second-order valence-electron chi connectivity index (χ2n) is 18.1. The van der Waals surface area contributed by atoms with Gasteiger partial charge in [-0.05, 0) is 126 Å². The summed E-state index contributed by atoms with van der Waals surface area (Å²) < 4.78 is 33.9. The second-order valence-corrected chi connectivity index (χ2v) is 20.0. The van der Waals surface area contributed by atoms with Crippen molar-refractivity contribution in [3.63, 3.8) is 0 Å². The molecule has 8 nitrogen and oxygen atoms in total. The minimum absolute atomic E-state index is 0. The zero-order chi connectivity index (χ0) is 42.3. The number of halogens is 2. The molecule has 2 aromatic rings. The van der Waals surface area contributed by atoms with E-state index in [-0.39, 0.29) is 71.5 Å². The van der Waals surface area contributed by atoms with Crippen LogP contribution in [0.25, 0.3) is 5.73 Å². The maximum absolute atomic E-state index is 12.4. The molecule has 2 aromatic carbocycles. The molecule has 3 unspecified atom stereocenters. The summed E-state index contributed by atoms with van der Waals surface area (Å²) in [4.78, 5) is 16.2. The van der Waals surface area contributed by atoms with Gasteiger partial charge in [0.05, 0.1) is 22.1 Å². The Hall–Kier alpha value is -2.40. The van der Waals surface area contributed by atoms with Gasteiger partial charge in [-0.25, -0.2) is 8.42 Å². The van der Waals surface area contributed by atoms with Gasteiger partial charge in [0.15, 0.2) is 0 Å². The van der Waals surface area contributed by atoms with Crippen molar-refractivity contribution in [3.8, 4) is 0 Å². The summed E-state index contributed by atoms with van der Waals surface area (Å²) >= 11 is 7.29. The second kappa shape index (κ2) is 24.0. The third-order valence-electron chi connectivity index (χ3n) is 12.6. The predicted octanol–water partition coefficient (Wildman–Crippen LogP) is 7.39. The Bertz CT molecular complexity index is 2030. The number of amides is 1. The van der Waals surface area contributed by atoms with E-state index < -0.39 is 10.1 Å². The topological polar surface area (TPSA) is 118 Å². The van der Waals surface area contributed by atoms with Gasteiger partial charge in [-0.15, -0.1) is 6.04 Å². The fourth-order valence-electron chi connectivity index (χ4n) is 9.24. The molecule has 1 amide bonds. The van der Waals surface area contributed by atoms with Crippen LogP contribution in [-0.2, 0) is 42.8 Å². The number of hydrogen-bond acceptors (Lipinski definition) is 5. The van der Waals surface area contributed by atoms with Gasteiger partial charge in [-0.3, -0.25) is 9.69 Å². The van der Waals surface area contributed by atoms with Crippen LogP contribution in [0.4, 0.5) is 11.4 Å². The van der Waals surface area contributed by atoms with Crippen LogP contribution in [0.2, 0.25) is 0 Å². The number of hydrogen-bond donors (Lipinski definition) is 2. The fraction of sp³-hybridized carbons (Fsp3) is 0.551. The van der Waals surface area contributed by atoms with Crippen LogP contribution in [0.5, 0.6) is 0 Å². The first-order valence-corrected chi connectivity index (χ1v) is 23.6. The minimum Gasteiger partial charge on any atom is -1.00 e. The smallest absolute Gasteiger partial charge is 1.00 e. The molecule has 5 rings (SSSR count). The average molecular weight is 947 g/mol. The van der Waals surface area contributed by atoms with Crippen molar-refractivity contribution in [1.29, 1.82) is 0 Å². The normalized spacial score (nSPS) is 20.9. The summed E-state index contributed by atoms with van der Waals surface area (Å²) in [6, 6.07) is 13.5. The van der Waals surface area contributed by atoms with Crippen LogP contribution >= 0.6 is 11.6 Å². The number of quaternary nitrogens is 1. The van der Waals surface area contributed by atoms with Crippen LogP contribution < -0.4 is 27.5 Å². The molecule has 2 aliphatic heterocycles. The number of benzene rings is 2. The third kappa shape index (κ3) is 14.3. The molecule has 0 saturated heterocycles. The number of fused-ring (bicyclic) bond motifs is 2. The number of carbonyl (C=O) groups is 1. The maximum atomic E-state index is 12.4. The first kappa shape index (κ1) is 54.7. The summed E-state index contributed by atoms with van der Waals surface area (Å²) in [5.41, 5.74) is 18.5. The van der Waals surface area contributed by atoms with Crippen molar-refractivity contribution in [1.82, 2.24) is 5.32 Å². The predicted molar refractivity (Wildman–Crippen MR) is 246 cm³/mol. The number of allylic oxidation sites excluding steroid dienone is 7. The van der Waals surface area contributed by atoms with Crippen molar-refractivity contribution in [3.05, 3.63) is 118 Å². The first-order valence-electron chi connectivity index (χ1n) is 21.7. The molecule has 0 fully saturated rings. The number of anilines is 1. The van der Waals surface area contributed by atoms with Crippen LogP contribution in [-0.4, -0.2) is 56.3 Å². The number of nitrogens with one attached hydrogen (secondary N) is 3. The van der Waals surface area contributed by atoms with E-state index in [2.05, 4.69) is 112 Å². The van der Waals surface area contributed by atoms with Gasteiger partial charge < -0.3 is 40.3 Å². The molecule has 61 heavy (non-hydrogen) atoms. The van der Waals surface area contributed by atoms with Crippen LogP contribution in [0, 0.1) is 21.3 Å². The Morgan fingerprint density at radius 1 is 0.984 bits per heavy atom. The molecule has 3 atom stereocenters. The summed E-state index contributed by atoms with van der Waals surface area (Å²) in [7, 11) is -4.23. The Kier molecular flexibility index (Phi) is 21.6. The fourth-order valence-corrected chi connectivity index (χ4v) is 10.1. The molecule has 3 N–H and O–H groups in total. The molecule has 3 aliphatic rings. The van der Waals surface area contributed by atoms with Crippen LogP contribution in [0.15, 0.2) is 82.6 Å². The van der Waals surface area contributed by atoms with Gasteiger partial charge in [-0.1, -0.05) is 93.1 Å². The van der Waals surface area contributed by atoms with Gasteiger partial charge >= 0.3 is 17.1 Å². The van der Waals surface area contributed by atoms with Crippen molar-refractivity contribution >= 4 is 39.0 Å². The number of aryl methyl sites for hydroxylation is 2. The summed E-state index contributed by atoms with van der Waals surface area (Å²) in [6.07, 6.45) is 19.1. The molecular formula is C49H71Cl2CuN4O4S-. The van der Waals surface area contributed by atoms with E-state index in [1.165, 1.54) is 44.2 Å². The third-order valence-corrected chi connectivity index (χ3v) is 13.8. The van der Waals surface area contributed by atoms with Crippen molar-refractivity contribution in [2.75, 3.05) is 30.3 Å². The molecule has 12 heteroatoms. The van der Waals surface area contributed by atoms with Gasteiger partial charge in [0, 0.05) is 52.7 Å². The summed E-state index contributed by atoms with van der Waals surface area (Å²) in [5, 5.41) is 3.88. The zero-order valence-electron chi connectivity index (χ0n) is 37.8. The first-order chi connectivity index (χ1) is 27.4. The van der Waals surface area contributed by atoms with Crippen molar-refractivity contribution in [2.24, 2.45) is 0 Å². The van der Waals surface area contributed by atoms with E-state index in [0.29, 0.717) is 25.8 Å². The van der Waals surface area contributed by atoms with Crippen LogP contribution in [0.3, 0.4) is 0 Å². The molecule has 1 radical (unpaired) electrons. The summed E-state index contributed by atoms with van der Waals surface area (Å²) in [6.45, 7) is 17.7. The maximum Gasteiger partial charge on any atom is 2.00 e. The SMILES string of the molecule is Cc1ccc2c(c1)C(C)(C)/C(=C\C=C1/CCCC(/C=C/C3[NH+](CCCCS(=O)(=O)[O-])c4ccc(C)cc4C3(C)C)=C1Cl)N2CCCCCC(=O)NCCCCC(C)[NH-].[64Cu+2].[CH3-].[Cl-]. The molecular weight excluding hydrogens is 875 g/mol. The Balaban J connectivity index is 0.00000427. The molecule has 0 aromatic heterocycles. The van der Waals surface area contributed by atoms with Gasteiger partial charge in [0.1, 0.15) is 11.7 Å². The monoisotopic (exact) mass is 945 g/mol. The average Bonchev–Trinajstić information content (AvgIpc) is 3.48. The quantitative estimate of drug-likeness (QED) is 0.0660. The zero-order valence-corrected chi connectivity index (χ0v) is 41.1. The molecule has 1 aliphatic carbocycles. The van der Waals surface area contributed by atoms with E-state index >= 15 is 0 Å². The van der Waals surface area contributed by atoms with Gasteiger partial charge in [0.25, 0.3) is 0 Å². The summed E-state index contributed by atoms with van der Waals surface area (Å²) in [5.74, 6) is -0.201. The van der Waals surface area contributed by atoms with E-state index in [9.17, 15) is 17.8 Å². The molecule has 343 valence electrons. The van der Waals surface area contributed by atoms with Gasteiger partial charge in [0.2, 0.25) is 5.91 Å². The van der Waals surface area contributed by atoms with Gasteiger partial charge in [-0.2, -0.15) is 0 Å². The van der Waals surface area contributed by atoms with E-state index in [1.807, 2.05) is 6.92 Å². The number of nitrogens with zero attached hydrogens (tertiary/aromatic N) is 1. The number of rotatable bonds is 19. The van der Waals surface area contributed by atoms with Crippen molar-refractivity contribution < 1.29 is 52.1 Å².